The summed E-state index contributed by atoms with van der Waals surface area (Å²) in [6.07, 6.45) is 2.69. The third-order valence-corrected chi connectivity index (χ3v) is 2.46. The van der Waals surface area contributed by atoms with Gasteiger partial charge in [0.05, 0.1) is 0 Å². The zero-order valence-electron chi connectivity index (χ0n) is 6.53. The fourth-order valence-electron chi connectivity index (χ4n) is 1.43. The van der Waals surface area contributed by atoms with Gasteiger partial charge in [-0.25, -0.2) is 8.78 Å². The van der Waals surface area contributed by atoms with Crippen LogP contribution in [0.1, 0.15) is 33.1 Å². The van der Waals surface area contributed by atoms with E-state index in [0.29, 0.717) is 6.42 Å². The van der Waals surface area contributed by atoms with Gasteiger partial charge in [0.2, 0.25) is 0 Å². The molecule has 1 saturated carbocycles. The van der Waals surface area contributed by atoms with Gasteiger partial charge in [-0.2, -0.15) is 0 Å². The van der Waals surface area contributed by atoms with Crippen LogP contribution in [0.5, 0.6) is 0 Å². The van der Waals surface area contributed by atoms with Crippen LogP contribution >= 0.6 is 0 Å². The van der Waals surface area contributed by atoms with Crippen molar-refractivity contribution in [2.45, 2.75) is 39.0 Å². The average Bonchev–Trinajstić information content (AvgIpc) is 2.31. The standard InChI is InChI=1S/C8H14F2/c1-3-4-5-7-6(2)8(7,9)10/h6-7H,3-5H2,1-2H3. The van der Waals surface area contributed by atoms with Crippen molar-refractivity contribution in [1.82, 2.24) is 0 Å². The van der Waals surface area contributed by atoms with Gasteiger partial charge in [-0.15, -0.1) is 0 Å². The lowest BCUT2D eigenvalue weighted by Crippen LogP contribution is -1.93. The lowest BCUT2D eigenvalue weighted by molar-refractivity contribution is 0.0847. The van der Waals surface area contributed by atoms with Crippen molar-refractivity contribution < 1.29 is 8.78 Å². The summed E-state index contributed by atoms with van der Waals surface area (Å²) in [6, 6.07) is 0. The summed E-state index contributed by atoms with van der Waals surface area (Å²) < 4.78 is 25.0. The van der Waals surface area contributed by atoms with E-state index in [4.69, 9.17) is 0 Å². The fraction of sp³-hybridized carbons (Fsp3) is 1.00. The van der Waals surface area contributed by atoms with E-state index in [1.807, 2.05) is 6.92 Å². The zero-order valence-corrected chi connectivity index (χ0v) is 6.53. The van der Waals surface area contributed by atoms with Gasteiger partial charge in [-0.05, 0) is 6.42 Å². The highest BCUT2D eigenvalue weighted by atomic mass is 19.3. The smallest absolute Gasteiger partial charge is 0.206 e. The largest absolute Gasteiger partial charge is 0.254 e. The van der Waals surface area contributed by atoms with Crippen LogP contribution in [-0.2, 0) is 0 Å². The Morgan fingerprint density at radius 3 is 2.20 bits per heavy atom. The molecule has 0 radical (unpaired) electrons. The lowest BCUT2D eigenvalue weighted by Gasteiger charge is -1.93. The van der Waals surface area contributed by atoms with Crippen LogP contribution in [0.25, 0.3) is 0 Å². The first-order valence-corrected chi connectivity index (χ1v) is 3.98. The summed E-state index contributed by atoms with van der Waals surface area (Å²) in [5.74, 6) is -2.97. The Labute approximate surface area is 60.6 Å². The number of halogens is 2. The molecule has 2 unspecified atom stereocenters. The van der Waals surface area contributed by atoms with Crippen molar-refractivity contribution in [3.05, 3.63) is 0 Å². The molecule has 1 rings (SSSR count). The molecular formula is C8H14F2. The summed E-state index contributed by atoms with van der Waals surface area (Å²) in [6.45, 7) is 3.67. The van der Waals surface area contributed by atoms with Gasteiger partial charge in [0.15, 0.2) is 0 Å². The maximum atomic E-state index is 12.5. The minimum Gasteiger partial charge on any atom is -0.206 e. The third-order valence-electron chi connectivity index (χ3n) is 2.46. The van der Waals surface area contributed by atoms with Crippen LogP contribution in [0.3, 0.4) is 0 Å². The molecule has 1 aliphatic carbocycles. The summed E-state index contributed by atoms with van der Waals surface area (Å²) >= 11 is 0. The number of hydrogen-bond acceptors (Lipinski definition) is 0. The van der Waals surface area contributed by atoms with Crippen LogP contribution < -0.4 is 0 Å². The maximum Gasteiger partial charge on any atom is 0.254 e. The molecule has 0 aromatic carbocycles. The Bertz CT molecular complexity index is 120. The highest BCUT2D eigenvalue weighted by Gasteiger charge is 2.64. The van der Waals surface area contributed by atoms with E-state index in [2.05, 4.69) is 0 Å². The Hall–Kier alpha value is -0.140. The van der Waals surface area contributed by atoms with Crippen LogP contribution in [0.2, 0.25) is 0 Å². The monoisotopic (exact) mass is 148 g/mol. The second-order valence-electron chi connectivity index (χ2n) is 3.21. The van der Waals surface area contributed by atoms with Gasteiger partial charge in [0.25, 0.3) is 5.92 Å². The van der Waals surface area contributed by atoms with Crippen molar-refractivity contribution in [1.29, 1.82) is 0 Å². The van der Waals surface area contributed by atoms with Crippen LogP contribution in [0.4, 0.5) is 8.78 Å². The van der Waals surface area contributed by atoms with E-state index in [1.54, 1.807) is 6.92 Å². The molecule has 1 fully saturated rings. The lowest BCUT2D eigenvalue weighted by atomic mass is 10.1. The normalized spacial score (nSPS) is 36.0. The van der Waals surface area contributed by atoms with E-state index in [9.17, 15) is 8.78 Å². The number of unbranched alkanes of at least 4 members (excludes halogenated alkanes) is 1. The van der Waals surface area contributed by atoms with Crippen molar-refractivity contribution in [3.63, 3.8) is 0 Å². The van der Waals surface area contributed by atoms with Gasteiger partial charge in [0, 0.05) is 11.8 Å². The molecule has 0 aliphatic heterocycles. The Kier molecular flexibility index (Phi) is 1.97. The summed E-state index contributed by atoms with van der Waals surface area (Å²) in [7, 11) is 0. The molecule has 0 heterocycles. The molecule has 0 aromatic rings. The van der Waals surface area contributed by atoms with E-state index in [-0.39, 0.29) is 11.8 Å². The highest BCUT2D eigenvalue weighted by Crippen LogP contribution is 2.57. The number of alkyl halides is 2. The molecule has 1 aliphatic rings. The minimum absolute atomic E-state index is 0.299. The van der Waals surface area contributed by atoms with Crippen LogP contribution in [-0.4, -0.2) is 5.92 Å². The third kappa shape index (κ3) is 1.16. The first kappa shape index (κ1) is 7.96. The Morgan fingerprint density at radius 1 is 1.40 bits per heavy atom. The molecule has 0 nitrogen and oxygen atoms in total. The molecule has 2 heteroatoms. The van der Waals surface area contributed by atoms with Gasteiger partial charge in [-0.3, -0.25) is 0 Å². The second kappa shape index (κ2) is 2.48. The van der Waals surface area contributed by atoms with E-state index < -0.39 is 5.92 Å². The molecule has 0 amide bonds. The van der Waals surface area contributed by atoms with Gasteiger partial charge in [0.1, 0.15) is 0 Å². The van der Waals surface area contributed by atoms with Crippen molar-refractivity contribution >= 4 is 0 Å². The van der Waals surface area contributed by atoms with Gasteiger partial charge >= 0.3 is 0 Å². The van der Waals surface area contributed by atoms with Gasteiger partial charge in [-0.1, -0.05) is 26.7 Å². The first-order valence-electron chi connectivity index (χ1n) is 3.98. The van der Waals surface area contributed by atoms with Crippen LogP contribution in [0, 0.1) is 11.8 Å². The molecule has 0 bridgehead atoms. The second-order valence-corrected chi connectivity index (χ2v) is 3.21. The average molecular weight is 148 g/mol. The van der Waals surface area contributed by atoms with Crippen molar-refractivity contribution in [3.8, 4) is 0 Å². The minimum atomic E-state index is -2.32. The Morgan fingerprint density at radius 2 is 1.90 bits per heavy atom. The van der Waals surface area contributed by atoms with Crippen molar-refractivity contribution in [2.24, 2.45) is 11.8 Å². The fourth-order valence-corrected chi connectivity index (χ4v) is 1.43. The number of rotatable bonds is 3. The predicted octanol–water partition coefficient (Wildman–Crippen LogP) is 3.08. The molecule has 0 saturated heterocycles. The van der Waals surface area contributed by atoms with E-state index in [0.717, 1.165) is 12.8 Å². The summed E-state index contributed by atoms with van der Waals surface area (Å²) in [5.41, 5.74) is 0. The SMILES string of the molecule is CCCCC1C(C)C1(F)F. The Balaban J connectivity index is 2.22. The topological polar surface area (TPSA) is 0 Å². The molecule has 0 N–H and O–H groups in total. The van der Waals surface area contributed by atoms with E-state index in [1.165, 1.54) is 0 Å². The molecule has 0 aromatic heterocycles. The quantitative estimate of drug-likeness (QED) is 0.577. The van der Waals surface area contributed by atoms with Crippen LogP contribution in [0.15, 0.2) is 0 Å². The summed E-state index contributed by atoms with van der Waals surface area (Å²) in [4.78, 5) is 0. The first-order chi connectivity index (χ1) is 4.60. The predicted molar refractivity (Wildman–Crippen MR) is 37.1 cm³/mol. The summed E-state index contributed by atoms with van der Waals surface area (Å²) in [5, 5.41) is 0. The molecule has 2 atom stereocenters. The van der Waals surface area contributed by atoms with E-state index >= 15 is 0 Å². The molecular weight excluding hydrogens is 134 g/mol. The highest BCUT2D eigenvalue weighted by molar-refractivity contribution is 5.01. The molecule has 60 valence electrons. The van der Waals surface area contributed by atoms with Crippen molar-refractivity contribution in [2.75, 3.05) is 0 Å². The molecule has 10 heavy (non-hydrogen) atoms. The van der Waals surface area contributed by atoms with Gasteiger partial charge < -0.3 is 0 Å². The number of hydrogen-bond donors (Lipinski definition) is 0. The molecule has 0 spiro atoms. The zero-order chi connectivity index (χ0) is 7.78. The maximum absolute atomic E-state index is 12.5.